The van der Waals surface area contributed by atoms with E-state index in [4.69, 9.17) is 13.9 Å². The number of ether oxygens (including phenoxy) is 2. The summed E-state index contributed by atoms with van der Waals surface area (Å²) in [6, 6.07) is 13.0. The van der Waals surface area contributed by atoms with Gasteiger partial charge in [0.15, 0.2) is 0 Å². The highest BCUT2D eigenvalue weighted by molar-refractivity contribution is 5.94. The lowest BCUT2D eigenvalue weighted by atomic mass is 9.93. The number of oxazole rings is 1. The molecule has 10 nitrogen and oxygen atoms in total. The maximum Gasteiger partial charge on any atom is 0.480 e. The molecule has 1 aliphatic carbocycles. The number of aryl methyl sites for hydroxylation is 2. The molecule has 0 unspecified atom stereocenters. The molecule has 41 heavy (non-hydrogen) atoms. The first-order valence-electron chi connectivity index (χ1n) is 14.0. The number of aromatic nitrogens is 1. The fraction of sp³-hybridized carbons (Fsp3) is 0.419. The monoisotopic (exact) mass is 564 g/mol. The van der Waals surface area contributed by atoms with E-state index < -0.39 is 12.1 Å². The van der Waals surface area contributed by atoms with Crippen molar-refractivity contribution in [3.63, 3.8) is 0 Å². The number of aliphatic hydroxyl groups excluding tert-OH is 1. The Hall–Kier alpha value is -4.34. The Morgan fingerprint density at radius 3 is 2.54 bits per heavy atom. The minimum Gasteiger partial charge on any atom is -0.493 e. The fourth-order valence-electron chi connectivity index (χ4n) is 4.40. The van der Waals surface area contributed by atoms with Gasteiger partial charge in [0, 0.05) is 30.1 Å². The molecule has 1 aromatic heterocycles. The number of carboxylic acids is 1. The van der Waals surface area contributed by atoms with Crippen LogP contribution in [0.5, 0.6) is 5.75 Å². The highest BCUT2D eigenvalue weighted by atomic mass is 16.6. The van der Waals surface area contributed by atoms with Crippen molar-refractivity contribution in [2.24, 2.45) is 0 Å². The predicted molar refractivity (Wildman–Crippen MR) is 154 cm³/mol. The number of nitrogens with zero attached hydrogens (tertiary/aromatic N) is 1. The molecule has 0 spiro atoms. The van der Waals surface area contributed by atoms with Crippen LogP contribution in [-0.4, -0.2) is 51.6 Å². The second-order valence-corrected chi connectivity index (χ2v) is 10.5. The van der Waals surface area contributed by atoms with Crippen LogP contribution in [0.15, 0.2) is 46.9 Å². The van der Waals surface area contributed by atoms with Crippen LogP contribution in [0.1, 0.15) is 72.5 Å². The Morgan fingerprint density at radius 2 is 1.88 bits per heavy atom. The zero-order valence-corrected chi connectivity index (χ0v) is 23.7. The first-order valence-corrected chi connectivity index (χ1v) is 14.0. The number of hydrogen-bond acceptors (Lipinski definition) is 6. The van der Waals surface area contributed by atoms with Crippen LogP contribution in [0.2, 0.25) is 0 Å². The van der Waals surface area contributed by atoms with Gasteiger partial charge in [-0.25, -0.2) is 9.78 Å². The molecule has 1 fully saturated rings. The van der Waals surface area contributed by atoms with E-state index in [2.05, 4.69) is 15.6 Å². The van der Waals surface area contributed by atoms with Gasteiger partial charge in [-0.3, -0.25) is 4.79 Å². The second kappa shape index (κ2) is 13.8. The summed E-state index contributed by atoms with van der Waals surface area (Å²) in [6.45, 7) is 5.95. The average Bonchev–Trinajstić information content (AvgIpc) is 3.28. The van der Waals surface area contributed by atoms with Crippen LogP contribution in [0.25, 0.3) is 11.5 Å². The molecule has 4 N–H and O–H groups in total. The molecule has 0 aliphatic heterocycles. The Bertz CT molecular complexity index is 1360. The molecule has 1 heterocycles. The molecule has 4 rings (SSSR count). The highest BCUT2D eigenvalue weighted by Gasteiger charge is 2.20. The van der Waals surface area contributed by atoms with Gasteiger partial charge in [-0.2, -0.15) is 0 Å². The van der Waals surface area contributed by atoms with Crippen molar-refractivity contribution >= 4 is 18.0 Å². The van der Waals surface area contributed by atoms with Crippen LogP contribution in [0.3, 0.4) is 0 Å². The summed E-state index contributed by atoms with van der Waals surface area (Å²) in [5.41, 5.74) is 3.81. The van der Waals surface area contributed by atoms with E-state index in [0.29, 0.717) is 42.4 Å². The molecule has 0 bridgehead atoms. The van der Waals surface area contributed by atoms with Crippen LogP contribution in [0.4, 0.5) is 4.79 Å². The zero-order valence-electron chi connectivity index (χ0n) is 23.7. The summed E-state index contributed by atoms with van der Waals surface area (Å²) in [5, 5.41) is 15.0. The van der Waals surface area contributed by atoms with E-state index in [1.165, 1.54) is 6.42 Å². The third kappa shape index (κ3) is 8.57. The van der Waals surface area contributed by atoms with Gasteiger partial charge >= 0.3 is 12.1 Å². The van der Waals surface area contributed by atoms with Crippen LogP contribution in [-0.2, 0) is 24.1 Å². The lowest BCUT2D eigenvalue weighted by Gasteiger charge is -2.26. The molecular formula is C31H38N3O7+. The third-order valence-electron chi connectivity index (χ3n) is 6.90. The van der Waals surface area contributed by atoms with E-state index in [1.54, 1.807) is 26.0 Å². The standard InChI is InChI=1S/C31H37N3O7/c1-19(2)40-31(38)32-18-24-17-26(13-11-21(24)12-14-28(35)36)39-16-15-27-20(3)41-30(34-27)23-9-7-22(8-10-23)29(37)33-25-5-4-6-25/h7-11,13,17,19,25H,4-6,12,14-16,18H2,1-3H3,(H,32,38)(H,33,37)(H,35,36)/p+1. The predicted octanol–water partition coefficient (Wildman–Crippen LogP) is 5.18. The molecule has 218 valence electrons. The van der Waals surface area contributed by atoms with Gasteiger partial charge in [-0.1, -0.05) is 6.07 Å². The molecule has 0 saturated heterocycles. The fourth-order valence-corrected chi connectivity index (χ4v) is 4.40. The van der Waals surface area contributed by atoms with E-state index in [9.17, 15) is 19.5 Å². The number of carboxylic acid groups (broad SMARTS) is 1. The Labute approximate surface area is 239 Å². The molecule has 0 radical (unpaired) electrons. The number of nitrogens with one attached hydrogen (secondary N) is 2. The molecule has 3 aromatic rings. The number of carbonyl (C=O) groups is 2. The van der Waals surface area contributed by atoms with Crippen molar-refractivity contribution in [1.29, 1.82) is 0 Å². The lowest BCUT2D eigenvalue weighted by Crippen LogP contribution is -2.39. The minimum atomic E-state index is -0.642. The SMILES string of the molecule is Cc1oc(-c2ccc(C(=O)NC3CCC3)cc2)nc1CCOc1ccc(CCC(O)=[OH+])c(CNC(=O)OC(C)C)c1. The molecule has 10 heteroatoms. The molecular weight excluding hydrogens is 526 g/mol. The number of benzene rings is 2. The first-order chi connectivity index (χ1) is 19.7. The Morgan fingerprint density at radius 1 is 1.12 bits per heavy atom. The lowest BCUT2D eigenvalue weighted by molar-refractivity contribution is 0.0916. The third-order valence-corrected chi connectivity index (χ3v) is 6.90. The average molecular weight is 565 g/mol. The van der Waals surface area contributed by atoms with Crippen molar-refractivity contribution in [2.75, 3.05) is 6.61 Å². The summed E-state index contributed by atoms with van der Waals surface area (Å²) in [7, 11) is 0. The van der Waals surface area contributed by atoms with Crippen molar-refractivity contribution < 1.29 is 33.4 Å². The molecule has 2 aromatic carbocycles. The summed E-state index contributed by atoms with van der Waals surface area (Å²) in [5.74, 6) is 1.08. The Kier molecular flexibility index (Phi) is 10.00. The maximum atomic E-state index is 12.4. The van der Waals surface area contributed by atoms with Gasteiger partial charge in [0.05, 0.1) is 18.4 Å². The number of carbonyl (C=O) groups excluding carboxylic acids is 2. The number of amides is 2. The van der Waals surface area contributed by atoms with Crippen LogP contribution >= 0.6 is 0 Å². The smallest absolute Gasteiger partial charge is 0.480 e. The van der Waals surface area contributed by atoms with Crippen molar-refractivity contribution in [3.05, 3.63) is 70.6 Å². The van der Waals surface area contributed by atoms with Crippen molar-refractivity contribution in [3.8, 4) is 17.2 Å². The van der Waals surface area contributed by atoms with Gasteiger partial charge in [-0.15, -0.1) is 0 Å². The molecule has 2 amide bonds. The summed E-state index contributed by atoms with van der Waals surface area (Å²) in [4.78, 5) is 38.2. The van der Waals surface area contributed by atoms with Gasteiger partial charge in [0.1, 0.15) is 17.9 Å². The van der Waals surface area contributed by atoms with E-state index in [0.717, 1.165) is 35.2 Å². The van der Waals surface area contributed by atoms with E-state index in [-0.39, 0.29) is 31.0 Å². The summed E-state index contributed by atoms with van der Waals surface area (Å²) < 4.78 is 17.0. The maximum absolute atomic E-state index is 12.4. The number of hydrogen-bond donors (Lipinski definition) is 3. The van der Waals surface area contributed by atoms with Crippen molar-refractivity contribution in [2.45, 2.75) is 78.0 Å². The Balaban J connectivity index is 1.35. The van der Waals surface area contributed by atoms with Crippen molar-refractivity contribution in [1.82, 2.24) is 15.6 Å². The highest BCUT2D eigenvalue weighted by Crippen LogP contribution is 2.24. The summed E-state index contributed by atoms with van der Waals surface area (Å²) in [6.07, 6.45) is 3.48. The largest absolute Gasteiger partial charge is 0.493 e. The molecule has 0 atom stereocenters. The second-order valence-electron chi connectivity index (χ2n) is 10.5. The first kappa shape index (κ1) is 29.6. The van der Waals surface area contributed by atoms with Gasteiger partial charge in [0.25, 0.3) is 5.91 Å². The zero-order chi connectivity index (χ0) is 29.4. The number of aliphatic carboxylic acids is 1. The van der Waals surface area contributed by atoms with Gasteiger partial charge in [0.2, 0.25) is 5.89 Å². The van der Waals surface area contributed by atoms with Gasteiger partial charge < -0.3 is 34.4 Å². The molecule has 1 saturated carbocycles. The van der Waals surface area contributed by atoms with Gasteiger partial charge in [-0.05, 0) is 94.0 Å². The number of rotatable bonds is 13. The normalized spacial score (nSPS) is 13.0. The molecule has 1 aliphatic rings. The van der Waals surface area contributed by atoms with E-state index >= 15 is 0 Å². The number of alkyl carbamates (subject to hydrolysis) is 1. The minimum absolute atomic E-state index is 0.0602. The van der Waals surface area contributed by atoms with Crippen LogP contribution < -0.4 is 15.4 Å². The van der Waals surface area contributed by atoms with E-state index in [1.807, 2.05) is 37.3 Å². The summed E-state index contributed by atoms with van der Waals surface area (Å²) >= 11 is 0. The van der Waals surface area contributed by atoms with Crippen LogP contribution in [0, 0.1) is 6.92 Å². The topological polar surface area (TPSA) is 144 Å². The quantitative estimate of drug-likeness (QED) is 0.243.